The number of nitrogens with zero attached hydrogens (tertiary/aromatic N) is 1. The molecule has 1 fully saturated rings. The highest BCUT2D eigenvalue weighted by Crippen LogP contribution is 2.22. The second-order valence-electron chi connectivity index (χ2n) is 7.56. The van der Waals surface area contributed by atoms with Gasteiger partial charge >= 0.3 is 6.03 Å². The van der Waals surface area contributed by atoms with Crippen LogP contribution >= 0.6 is 0 Å². The molecule has 1 heterocycles. The van der Waals surface area contributed by atoms with Gasteiger partial charge in [0.05, 0.1) is 11.6 Å². The molecule has 1 aliphatic heterocycles. The van der Waals surface area contributed by atoms with E-state index < -0.39 is 5.60 Å². The molecular weight excluding hydrogens is 338 g/mol. The summed E-state index contributed by atoms with van der Waals surface area (Å²) in [5, 5.41) is 16.3. The van der Waals surface area contributed by atoms with E-state index in [1.165, 1.54) is 5.56 Å². The summed E-state index contributed by atoms with van der Waals surface area (Å²) < 4.78 is 0. The first kappa shape index (κ1) is 19.4. The average Bonchev–Trinajstić information content (AvgIpc) is 2.70. The lowest BCUT2D eigenvalue weighted by Gasteiger charge is -2.36. The van der Waals surface area contributed by atoms with E-state index >= 15 is 0 Å². The largest absolute Gasteiger partial charge is 0.388 e. The monoisotopic (exact) mass is 367 g/mol. The number of carbonyl (C=O) groups excluding carboxylic acids is 1. The number of piperidine rings is 1. The fourth-order valence-corrected chi connectivity index (χ4v) is 3.38. The Morgan fingerprint density at radius 3 is 2.30 bits per heavy atom. The third-order valence-corrected chi connectivity index (χ3v) is 5.36. The van der Waals surface area contributed by atoms with Crippen molar-refractivity contribution in [3.8, 4) is 11.1 Å². The molecule has 1 saturated heterocycles. The molecular formula is C22H29N3O2. The number of hydrogen-bond acceptors (Lipinski definition) is 3. The third kappa shape index (κ3) is 5.31. The van der Waals surface area contributed by atoms with Crippen molar-refractivity contribution < 1.29 is 9.90 Å². The summed E-state index contributed by atoms with van der Waals surface area (Å²) in [7, 11) is 2.05. The molecule has 2 amide bonds. The number of likely N-dealkylation sites (tertiary alicyclic amines) is 1. The second-order valence-corrected chi connectivity index (χ2v) is 7.56. The highest BCUT2D eigenvalue weighted by atomic mass is 16.3. The first-order chi connectivity index (χ1) is 13.0. The zero-order valence-electron chi connectivity index (χ0n) is 16.1. The van der Waals surface area contributed by atoms with Crippen LogP contribution in [0.2, 0.25) is 0 Å². The molecule has 1 aliphatic rings. The first-order valence-corrected chi connectivity index (χ1v) is 9.56. The molecule has 27 heavy (non-hydrogen) atoms. The summed E-state index contributed by atoms with van der Waals surface area (Å²) in [4.78, 5) is 14.4. The maximum Gasteiger partial charge on any atom is 0.315 e. The molecule has 0 aliphatic carbocycles. The minimum atomic E-state index is -0.801. The maximum atomic E-state index is 12.2. The molecule has 2 aromatic rings. The standard InChI is InChI=1S/C22H29N3O2/c1-17(18-8-10-20(11-9-18)19-6-4-3-5-7-19)24-21(26)23-16-22(27)12-14-25(2)15-13-22/h3-11,17,27H,12-16H2,1-2H3,(H2,23,24,26)/t17-/m0/s1. The van der Waals surface area contributed by atoms with Crippen molar-refractivity contribution in [3.05, 3.63) is 60.2 Å². The number of nitrogens with one attached hydrogen (secondary N) is 2. The normalized spacial score (nSPS) is 17.9. The van der Waals surface area contributed by atoms with Gasteiger partial charge in [0.15, 0.2) is 0 Å². The fraction of sp³-hybridized carbons (Fsp3) is 0.409. The lowest BCUT2D eigenvalue weighted by molar-refractivity contribution is -0.0123. The molecule has 144 valence electrons. The van der Waals surface area contributed by atoms with Gasteiger partial charge < -0.3 is 20.6 Å². The lowest BCUT2D eigenvalue weighted by Crippen LogP contribution is -2.51. The van der Waals surface area contributed by atoms with Crippen molar-refractivity contribution in [1.82, 2.24) is 15.5 Å². The Morgan fingerprint density at radius 1 is 1.07 bits per heavy atom. The van der Waals surface area contributed by atoms with Crippen LogP contribution in [-0.2, 0) is 0 Å². The van der Waals surface area contributed by atoms with Gasteiger partial charge in [0, 0.05) is 19.6 Å². The zero-order chi connectivity index (χ0) is 19.3. The quantitative estimate of drug-likeness (QED) is 0.761. The molecule has 0 radical (unpaired) electrons. The lowest BCUT2D eigenvalue weighted by atomic mass is 9.92. The van der Waals surface area contributed by atoms with Crippen LogP contribution in [0.3, 0.4) is 0 Å². The second kappa shape index (κ2) is 8.55. The van der Waals surface area contributed by atoms with Crippen molar-refractivity contribution in [2.45, 2.75) is 31.4 Å². The van der Waals surface area contributed by atoms with Crippen molar-refractivity contribution in [1.29, 1.82) is 0 Å². The van der Waals surface area contributed by atoms with Crippen LogP contribution < -0.4 is 10.6 Å². The summed E-state index contributed by atoms with van der Waals surface area (Å²) in [6.45, 7) is 3.95. The number of carbonyl (C=O) groups is 1. The maximum absolute atomic E-state index is 12.2. The van der Waals surface area contributed by atoms with Crippen LogP contribution in [0, 0.1) is 0 Å². The molecule has 0 saturated carbocycles. The smallest absolute Gasteiger partial charge is 0.315 e. The third-order valence-electron chi connectivity index (χ3n) is 5.36. The number of benzene rings is 2. The van der Waals surface area contributed by atoms with Crippen molar-refractivity contribution in [2.75, 3.05) is 26.7 Å². The summed E-state index contributed by atoms with van der Waals surface area (Å²) in [5.41, 5.74) is 2.57. The summed E-state index contributed by atoms with van der Waals surface area (Å²) >= 11 is 0. The molecule has 0 spiro atoms. The summed E-state index contributed by atoms with van der Waals surface area (Å²) in [5.74, 6) is 0. The summed E-state index contributed by atoms with van der Waals surface area (Å²) in [6, 6.07) is 18.1. The van der Waals surface area contributed by atoms with Crippen LogP contribution in [-0.4, -0.2) is 48.3 Å². The predicted molar refractivity (Wildman–Crippen MR) is 109 cm³/mol. The van der Waals surface area contributed by atoms with Crippen LogP contribution in [0.1, 0.15) is 31.4 Å². The highest BCUT2D eigenvalue weighted by molar-refractivity contribution is 5.74. The van der Waals surface area contributed by atoms with E-state index in [1.54, 1.807) is 0 Å². The van der Waals surface area contributed by atoms with Crippen LogP contribution in [0.15, 0.2) is 54.6 Å². The molecule has 0 unspecified atom stereocenters. The molecule has 3 rings (SSSR count). The van der Waals surface area contributed by atoms with E-state index in [-0.39, 0.29) is 18.6 Å². The van der Waals surface area contributed by atoms with Crippen LogP contribution in [0.5, 0.6) is 0 Å². The Bertz CT molecular complexity index is 738. The Labute approximate surface area is 161 Å². The topological polar surface area (TPSA) is 64.6 Å². The van der Waals surface area contributed by atoms with Gasteiger partial charge in [-0.3, -0.25) is 0 Å². The molecule has 2 aromatic carbocycles. The molecule has 1 atom stereocenters. The predicted octanol–water partition coefficient (Wildman–Crippen LogP) is 3.17. The minimum absolute atomic E-state index is 0.109. The number of urea groups is 1. The van der Waals surface area contributed by atoms with Gasteiger partial charge in [-0.05, 0) is 43.5 Å². The van der Waals surface area contributed by atoms with E-state index in [1.807, 2.05) is 44.3 Å². The van der Waals surface area contributed by atoms with Crippen molar-refractivity contribution in [3.63, 3.8) is 0 Å². The van der Waals surface area contributed by atoms with Gasteiger partial charge in [-0.1, -0.05) is 54.6 Å². The molecule has 5 heteroatoms. The van der Waals surface area contributed by atoms with Gasteiger partial charge in [0.1, 0.15) is 0 Å². The van der Waals surface area contributed by atoms with Crippen molar-refractivity contribution >= 4 is 6.03 Å². The Hall–Kier alpha value is -2.37. The minimum Gasteiger partial charge on any atom is -0.388 e. The number of hydrogen-bond donors (Lipinski definition) is 3. The fourth-order valence-electron chi connectivity index (χ4n) is 3.38. The molecule has 5 nitrogen and oxygen atoms in total. The SMILES string of the molecule is C[C@H](NC(=O)NCC1(O)CCN(C)CC1)c1ccc(-c2ccccc2)cc1. The summed E-state index contributed by atoms with van der Waals surface area (Å²) in [6.07, 6.45) is 1.36. The van der Waals surface area contributed by atoms with Gasteiger partial charge in [0.25, 0.3) is 0 Å². The van der Waals surface area contributed by atoms with E-state index in [2.05, 4.69) is 39.8 Å². The van der Waals surface area contributed by atoms with E-state index in [0.29, 0.717) is 12.8 Å². The van der Waals surface area contributed by atoms with Crippen LogP contribution in [0.4, 0.5) is 4.79 Å². The van der Waals surface area contributed by atoms with Crippen LogP contribution in [0.25, 0.3) is 11.1 Å². The van der Waals surface area contributed by atoms with Gasteiger partial charge in [-0.2, -0.15) is 0 Å². The average molecular weight is 367 g/mol. The van der Waals surface area contributed by atoms with Gasteiger partial charge in [-0.25, -0.2) is 4.79 Å². The molecule has 0 bridgehead atoms. The Kier molecular flexibility index (Phi) is 6.14. The zero-order valence-corrected chi connectivity index (χ0v) is 16.1. The highest BCUT2D eigenvalue weighted by Gasteiger charge is 2.31. The van der Waals surface area contributed by atoms with E-state index in [9.17, 15) is 9.90 Å². The number of rotatable bonds is 5. The Morgan fingerprint density at radius 2 is 1.67 bits per heavy atom. The first-order valence-electron chi connectivity index (χ1n) is 9.56. The van der Waals surface area contributed by atoms with E-state index in [4.69, 9.17) is 0 Å². The Balaban J connectivity index is 1.51. The molecule has 3 N–H and O–H groups in total. The van der Waals surface area contributed by atoms with Gasteiger partial charge in [-0.15, -0.1) is 0 Å². The number of aliphatic hydroxyl groups is 1. The van der Waals surface area contributed by atoms with E-state index in [0.717, 1.165) is 24.2 Å². The molecule has 0 aromatic heterocycles. The number of amides is 2. The van der Waals surface area contributed by atoms with Crippen molar-refractivity contribution in [2.24, 2.45) is 0 Å². The van der Waals surface area contributed by atoms with Gasteiger partial charge in [0.2, 0.25) is 0 Å².